The second kappa shape index (κ2) is 54.2. The highest BCUT2D eigenvalue weighted by molar-refractivity contribution is 5.76. The quantitative estimate of drug-likeness (QED) is 0.0321. The van der Waals surface area contributed by atoms with Gasteiger partial charge in [0.1, 0.15) is 0 Å². The molecular weight excluding hydrogens is 791 g/mol. The van der Waals surface area contributed by atoms with Crippen molar-refractivity contribution in [1.29, 1.82) is 0 Å². The van der Waals surface area contributed by atoms with Crippen molar-refractivity contribution in [2.75, 3.05) is 13.2 Å². The molecule has 2 atom stereocenters. The van der Waals surface area contributed by atoms with Crippen molar-refractivity contribution in [2.45, 2.75) is 334 Å². The van der Waals surface area contributed by atoms with Crippen LogP contribution in [-0.4, -0.2) is 47.4 Å². The number of hydrogen-bond acceptors (Lipinski definition) is 5. The summed E-state index contributed by atoms with van der Waals surface area (Å²) in [5.74, 6) is -0.0335. The molecule has 0 spiro atoms. The summed E-state index contributed by atoms with van der Waals surface area (Å²) in [5, 5.41) is 23.3. The number of aliphatic hydroxyl groups is 2. The van der Waals surface area contributed by atoms with Gasteiger partial charge in [0.15, 0.2) is 0 Å². The molecule has 0 saturated heterocycles. The van der Waals surface area contributed by atoms with Gasteiger partial charge in [-0.1, -0.05) is 270 Å². The molecule has 0 aromatic carbocycles. The van der Waals surface area contributed by atoms with Gasteiger partial charge in [-0.3, -0.25) is 9.59 Å². The number of amides is 1. The molecular formula is C58H113NO5. The second-order valence-corrected chi connectivity index (χ2v) is 20.0. The van der Waals surface area contributed by atoms with Gasteiger partial charge in [-0.2, -0.15) is 0 Å². The Hall–Kier alpha value is -1.40. The van der Waals surface area contributed by atoms with Gasteiger partial charge in [0.05, 0.1) is 25.4 Å². The molecule has 6 heteroatoms. The summed E-state index contributed by atoms with van der Waals surface area (Å²) in [6.45, 7) is 4.94. The molecule has 1 amide bonds. The Morgan fingerprint density at radius 1 is 0.422 bits per heavy atom. The van der Waals surface area contributed by atoms with Crippen molar-refractivity contribution in [2.24, 2.45) is 0 Å². The van der Waals surface area contributed by atoms with E-state index in [4.69, 9.17) is 4.74 Å². The SMILES string of the molecule is CCCCCC/C=C\CCCCCCCC(=O)OCCCCCCCCCCCCCCCCCCCCCCC(=O)NC(CO)C(O)CCCCCCCCCCCCCCCC. The van der Waals surface area contributed by atoms with Gasteiger partial charge in [-0.25, -0.2) is 0 Å². The van der Waals surface area contributed by atoms with Crippen LogP contribution in [0.15, 0.2) is 12.2 Å². The number of hydrogen-bond donors (Lipinski definition) is 3. The number of rotatable bonds is 54. The molecule has 0 radical (unpaired) electrons. The predicted molar refractivity (Wildman–Crippen MR) is 278 cm³/mol. The van der Waals surface area contributed by atoms with E-state index in [1.807, 2.05) is 0 Å². The van der Waals surface area contributed by atoms with E-state index in [0.717, 1.165) is 44.9 Å². The highest BCUT2D eigenvalue weighted by Crippen LogP contribution is 2.18. The van der Waals surface area contributed by atoms with Crippen LogP contribution in [0.4, 0.5) is 0 Å². The van der Waals surface area contributed by atoms with Crippen LogP contribution >= 0.6 is 0 Å². The van der Waals surface area contributed by atoms with Gasteiger partial charge < -0.3 is 20.3 Å². The van der Waals surface area contributed by atoms with Crippen LogP contribution in [0.3, 0.4) is 0 Å². The topological polar surface area (TPSA) is 95.9 Å². The fourth-order valence-corrected chi connectivity index (χ4v) is 9.11. The lowest BCUT2D eigenvalue weighted by Gasteiger charge is -2.22. The standard InChI is InChI=1S/C58H113NO5/c1-3-5-7-9-11-13-15-17-27-30-34-38-42-46-50-56(61)55(54-60)59-57(62)51-47-43-39-35-31-28-24-22-20-18-19-21-23-25-29-33-37-41-45-49-53-64-58(63)52-48-44-40-36-32-26-16-14-12-10-8-6-4-2/h14,16,55-56,60-61H,3-13,15,17-54H2,1-2H3,(H,59,62)/b16-14-. The zero-order valence-corrected chi connectivity index (χ0v) is 43.3. The van der Waals surface area contributed by atoms with Crippen molar-refractivity contribution in [3.8, 4) is 0 Å². The van der Waals surface area contributed by atoms with Crippen molar-refractivity contribution in [1.82, 2.24) is 5.32 Å². The first-order valence-corrected chi connectivity index (χ1v) is 28.9. The number of carbonyl (C=O) groups excluding carboxylic acids is 2. The van der Waals surface area contributed by atoms with E-state index in [1.165, 1.54) is 244 Å². The Labute approximate surface area is 399 Å². The number of aliphatic hydroxyl groups excluding tert-OH is 2. The smallest absolute Gasteiger partial charge is 0.305 e. The fourth-order valence-electron chi connectivity index (χ4n) is 9.11. The summed E-state index contributed by atoms with van der Waals surface area (Å²) >= 11 is 0. The van der Waals surface area contributed by atoms with Crippen LogP contribution < -0.4 is 5.32 Å². The van der Waals surface area contributed by atoms with E-state index in [2.05, 4.69) is 31.3 Å². The number of ether oxygens (including phenoxy) is 1. The lowest BCUT2D eigenvalue weighted by molar-refractivity contribution is -0.143. The maximum atomic E-state index is 12.5. The molecule has 0 rings (SSSR count). The van der Waals surface area contributed by atoms with Crippen molar-refractivity contribution < 1.29 is 24.5 Å². The van der Waals surface area contributed by atoms with E-state index in [0.29, 0.717) is 25.9 Å². The summed E-state index contributed by atoms with van der Waals surface area (Å²) in [4.78, 5) is 24.5. The van der Waals surface area contributed by atoms with E-state index >= 15 is 0 Å². The molecule has 64 heavy (non-hydrogen) atoms. The fraction of sp³-hybridized carbons (Fsp3) is 0.931. The molecule has 0 bridgehead atoms. The molecule has 0 fully saturated rings. The third-order valence-electron chi connectivity index (χ3n) is 13.6. The Bertz CT molecular complexity index is 955. The molecule has 6 nitrogen and oxygen atoms in total. The molecule has 0 aliphatic rings. The van der Waals surface area contributed by atoms with Gasteiger partial charge in [0.2, 0.25) is 5.91 Å². The second-order valence-electron chi connectivity index (χ2n) is 20.0. The maximum absolute atomic E-state index is 12.5. The lowest BCUT2D eigenvalue weighted by atomic mass is 10.0. The predicted octanol–water partition coefficient (Wildman–Crippen LogP) is 17.7. The zero-order chi connectivity index (χ0) is 46.5. The summed E-state index contributed by atoms with van der Waals surface area (Å²) in [6.07, 6.45) is 63.4. The largest absolute Gasteiger partial charge is 0.466 e. The number of allylic oxidation sites excluding steroid dienone is 2. The number of carbonyl (C=O) groups is 2. The minimum Gasteiger partial charge on any atom is -0.466 e. The highest BCUT2D eigenvalue weighted by atomic mass is 16.5. The Kier molecular flexibility index (Phi) is 53.0. The molecule has 0 aromatic heterocycles. The van der Waals surface area contributed by atoms with Crippen LogP contribution in [0.1, 0.15) is 322 Å². The van der Waals surface area contributed by atoms with Gasteiger partial charge in [0, 0.05) is 12.8 Å². The minimum absolute atomic E-state index is 0.00180. The van der Waals surface area contributed by atoms with Gasteiger partial charge in [0.25, 0.3) is 0 Å². The molecule has 0 aromatic rings. The van der Waals surface area contributed by atoms with E-state index in [9.17, 15) is 19.8 Å². The van der Waals surface area contributed by atoms with E-state index in [-0.39, 0.29) is 18.5 Å². The van der Waals surface area contributed by atoms with Crippen LogP contribution in [0.2, 0.25) is 0 Å². The molecule has 2 unspecified atom stereocenters. The van der Waals surface area contributed by atoms with Crippen LogP contribution in [0.5, 0.6) is 0 Å². The average molecular weight is 905 g/mol. The maximum Gasteiger partial charge on any atom is 0.305 e. The van der Waals surface area contributed by atoms with Crippen LogP contribution in [0.25, 0.3) is 0 Å². The lowest BCUT2D eigenvalue weighted by Crippen LogP contribution is -2.45. The molecule has 0 aliphatic carbocycles. The third kappa shape index (κ3) is 50.0. The molecule has 0 saturated carbocycles. The summed E-state index contributed by atoms with van der Waals surface area (Å²) in [6, 6.07) is -0.541. The molecule has 0 aliphatic heterocycles. The minimum atomic E-state index is -0.664. The van der Waals surface area contributed by atoms with E-state index in [1.54, 1.807) is 0 Å². The number of esters is 1. The summed E-state index contributed by atoms with van der Waals surface area (Å²) < 4.78 is 5.47. The summed E-state index contributed by atoms with van der Waals surface area (Å²) in [5.41, 5.74) is 0. The summed E-state index contributed by atoms with van der Waals surface area (Å²) in [7, 11) is 0. The molecule has 380 valence electrons. The highest BCUT2D eigenvalue weighted by Gasteiger charge is 2.20. The van der Waals surface area contributed by atoms with Gasteiger partial charge in [-0.05, 0) is 51.4 Å². The monoisotopic (exact) mass is 904 g/mol. The van der Waals surface area contributed by atoms with Crippen molar-refractivity contribution in [3.63, 3.8) is 0 Å². The van der Waals surface area contributed by atoms with E-state index < -0.39 is 12.1 Å². The average Bonchev–Trinajstić information content (AvgIpc) is 3.29. The Morgan fingerprint density at radius 3 is 1.12 bits per heavy atom. The third-order valence-corrected chi connectivity index (χ3v) is 13.6. The van der Waals surface area contributed by atoms with Crippen molar-refractivity contribution >= 4 is 11.9 Å². The molecule has 3 N–H and O–H groups in total. The normalized spacial score (nSPS) is 12.6. The van der Waals surface area contributed by atoms with Crippen LogP contribution in [0, 0.1) is 0 Å². The van der Waals surface area contributed by atoms with Crippen LogP contribution in [-0.2, 0) is 14.3 Å². The van der Waals surface area contributed by atoms with Crippen molar-refractivity contribution in [3.05, 3.63) is 12.2 Å². The first-order valence-electron chi connectivity index (χ1n) is 28.9. The number of unbranched alkanes of at least 4 members (excludes halogenated alkanes) is 41. The Balaban J connectivity index is 3.38. The number of nitrogens with one attached hydrogen (secondary N) is 1. The molecule has 0 heterocycles. The Morgan fingerprint density at radius 2 is 0.734 bits per heavy atom. The first kappa shape index (κ1) is 62.6. The van der Waals surface area contributed by atoms with Gasteiger partial charge in [-0.15, -0.1) is 0 Å². The first-order chi connectivity index (χ1) is 31.5. The zero-order valence-electron chi connectivity index (χ0n) is 43.3. The van der Waals surface area contributed by atoms with Gasteiger partial charge >= 0.3 is 5.97 Å².